The van der Waals surface area contributed by atoms with Crippen LogP contribution >= 0.6 is 0 Å². The molecule has 1 saturated carbocycles. The molecular weight excluding hydrogens is 148 g/mol. The third kappa shape index (κ3) is 12.6. The second-order valence-corrected chi connectivity index (χ2v) is 3.62. The van der Waals surface area contributed by atoms with Crippen LogP contribution < -0.4 is 10.6 Å². The minimum Gasteiger partial charge on any atom is -0.314 e. The van der Waals surface area contributed by atoms with E-state index in [-0.39, 0.29) is 0 Å². The normalized spacial score (nSPS) is 24.0. The standard InChI is InChI=1S/C6H12.2C2H5N/c1-2-4-6-5-3-1;2*1-2-3-1/h1-6H2;2*3H,1-2H2. The van der Waals surface area contributed by atoms with Gasteiger partial charge >= 0.3 is 0 Å². The zero-order chi connectivity index (χ0) is 8.49. The van der Waals surface area contributed by atoms with Crippen LogP contribution in [0.5, 0.6) is 0 Å². The molecule has 3 rings (SSSR count). The molecule has 12 heavy (non-hydrogen) atoms. The molecule has 2 heteroatoms. The molecule has 0 aromatic rings. The molecule has 0 spiro atoms. The molecule has 0 atom stereocenters. The molecule has 2 N–H and O–H groups in total. The Morgan fingerprint density at radius 1 is 0.417 bits per heavy atom. The number of hydrogen-bond acceptors (Lipinski definition) is 2. The van der Waals surface area contributed by atoms with Gasteiger partial charge in [-0.05, 0) is 0 Å². The smallest absolute Gasteiger partial charge is 0.00772 e. The third-order valence-corrected chi connectivity index (χ3v) is 2.00. The maximum absolute atomic E-state index is 3.00. The van der Waals surface area contributed by atoms with E-state index in [0.29, 0.717) is 0 Å². The lowest BCUT2D eigenvalue weighted by molar-refractivity contribution is 0.504. The van der Waals surface area contributed by atoms with Gasteiger partial charge in [-0.15, -0.1) is 0 Å². The molecule has 2 heterocycles. The molecule has 0 aromatic heterocycles. The van der Waals surface area contributed by atoms with Gasteiger partial charge in [0.15, 0.2) is 0 Å². The molecule has 0 unspecified atom stereocenters. The van der Waals surface area contributed by atoms with Gasteiger partial charge in [-0.2, -0.15) is 0 Å². The van der Waals surface area contributed by atoms with Gasteiger partial charge in [0.1, 0.15) is 0 Å². The second-order valence-electron chi connectivity index (χ2n) is 3.62. The number of hydrogen-bond donors (Lipinski definition) is 2. The number of nitrogens with one attached hydrogen (secondary N) is 2. The van der Waals surface area contributed by atoms with Gasteiger partial charge in [0.25, 0.3) is 0 Å². The van der Waals surface area contributed by atoms with Crippen molar-refractivity contribution >= 4 is 0 Å². The van der Waals surface area contributed by atoms with E-state index in [2.05, 4.69) is 10.6 Å². The topological polar surface area (TPSA) is 43.9 Å². The Balaban J connectivity index is 0.0000001000. The average molecular weight is 170 g/mol. The largest absolute Gasteiger partial charge is 0.314 e. The van der Waals surface area contributed by atoms with E-state index in [9.17, 15) is 0 Å². The van der Waals surface area contributed by atoms with Crippen LogP contribution in [0.4, 0.5) is 0 Å². The zero-order valence-corrected chi connectivity index (χ0v) is 8.07. The van der Waals surface area contributed by atoms with Gasteiger partial charge in [0, 0.05) is 26.2 Å². The Morgan fingerprint density at radius 3 is 0.667 bits per heavy atom. The van der Waals surface area contributed by atoms with Gasteiger partial charge in [-0.25, -0.2) is 0 Å². The summed E-state index contributed by atoms with van der Waals surface area (Å²) in [4.78, 5) is 0. The minimum absolute atomic E-state index is 1.25. The Bertz CT molecular complexity index is 62.8. The average Bonchev–Trinajstić information content (AvgIpc) is 2.93. The predicted octanol–water partition coefficient (Wildman–Crippen LogP) is 1.52. The summed E-state index contributed by atoms with van der Waals surface area (Å²) in [6.07, 6.45) is 9.00. The highest BCUT2D eigenvalue weighted by Crippen LogP contribution is 2.15. The Labute approximate surface area is 76.1 Å². The lowest BCUT2D eigenvalue weighted by Crippen LogP contribution is -1.85. The monoisotopic (exact) mass is 170 g/mol. The Hall–Kier alpha value is -0.0800. The third-order valence-electron chi connectivity index (χ3n) is 2.00. The first-order valence-electron chi connectivity index (χ1n) is 5.41. The summed E-state index contributed by atoms with van der Waals surface area (Å²) < 4.78 is 0. The van der Waals surface area contributed by atoms with Crippen molar-refractivity contribution in [3.63, 3.8) is 0 Å². The maximum Gasteiger partial charge on any atom is 0.00772 e. The van der Waals surface area contributed by atoms with Crippen molar-refractivity contribution in [2.45, 2.75) is 38.5 Å². The number of rotatable bonds is 0. The van der Waals surface area contributed by atoms with E-state index < -0.39 is 0 Å². The summed E-state index contributed by atoms with van der Waals surface area (Å²) in [6.45, 7) is 5.00. The van der Waals surface area contributed by atoms with Crippen molar-refractivity contribution in [3.05, 3.63) is 0 Å². The van der Waals surface area contributed by atoms with Crippen molar-refractivity contribution in [1.29, 1.82) is 0 Å². The summed E-state index contributed by atoms with van der Waals surface area (Å²) in [5, 5.41) is 6.00. The van der Waals surface area contributed by atoms with Crippen LogP contribution in [0.25, 0.3) is 0 Å². The lowest BCUT2D eigenvalue weighted by atomic mass is 10.0. The quantitative estimate of drug-likeness (QED) is 0.541. The van der Waals surface area contributed by atoms with E-state index in [1.54, 1.807) is 0 Å². The summed E-state index contributed by atoms with van der Waals surface area (Å²) in [5.74, 6) is 0. The van der Waals surface area contributed by atoms with Gasteiger partial charge < -0.3 is 10.6 Å². The summed E-state index contributed by atoms with van der Waals surface area (Å²) in [7, 11) is 0. The molecule has 2 aliphatic heterocycles. The first-order chi connectivity index (χ1) is 6.00. The van der Waals surface area contributed by atoms with Crippen LogP contribution in [-0.4, -0.2) is 26.2 Å². The molecule has 0 radical (unpaired) electrons. The molecule has 0 bridgehead atoms. The van der Waals surface area contributed by atoms with Crippen LogP contribution in [0.15, 0.2) is 0 Å². The second kappa shape index (κ2) is 7.56. The van der Waals surface area contributed by atoms with Crippen molar-refractivity contribution < 1.29 is 0 Å². The van der Waals surface area contributed by atoms with E-state index in [1.165, 1.54) is 64.7 Å². The van der Waals surface area contributed by atoms with Crippen LogP contribution in [0, 0.1) is 0 Å². The van der Waals surface area contributed by atoms with Crippen LogP contribution in [0.1, 0.15) is 38.5 Å². The first kappa shape index (κ1) is 10.0. The predicted molar refractivity (Wildman–Crippen MR) is 53.4 cm³/mol. The summed E-state index contributed by atoms with van der Waals surface area (Å²) >= 11 is 0. The molecule has 0 aromatic carbocycles. The van der Waals surface area contributed by atoms with Gasteiger partial charge in [0.2, 0.25) is 0 Å². The van der Waals surface area contributed by atoms with Gasteiger partial charge in [-0.1, -0.05) is 38.5 Å². The fraction of sp³-hybridized carbons (Fsp3) is 1.00. The van der Waals surface area contributed by atoms with Crippen molar-refractivity contribution in [2.75, 3.05) is 26.2 Å². The molecule has 3 fully saturated rings. The first-order valence-corrected chi connectivity index (χ1v) is 5.41. The fourth-order valence-electron chi connectivity index (χ4n) is 1.06. The van der Waals surface area contributed by atoms with Gasteiger partial charge in [0.05, 0.1) is 0 Å². The maximum atomic E-state index is 3.00. The van der Waals surface area contributed by atoms with Crippen molar-refractivity contribution in [1.82, 2.24) is 10.6 Å². The highest BCUT2D eigenvalue weighted by molar-refractivity contribution is 4.59. The van der Waals surface area contributed by atoms with Crippen molar-refractivity contribution in [2.24, 2.45) is 0 Å². The van der Waals surface area contributed by atoms with Crippen LogP contribution in [0.2, 0.25) is 0 Å². The van der Waals surface area contributed by atoms with E-state index in [0.717, 1.165) is 0 Å². The Kier molecular flexibility index (Phi) is 6.30. The molecule has 2 nitrogen and oxygen atoms in total. The van der Waals surface area contributed by atoms with E-state index >= 15 is 0 Å². The molecule has 0 amide bonds. The molecule has 2 saturated heterocycles. The zero-order valence-electron chi connectivity index (χ0n) is 8.07. The SMILES string of the molecule is C1CCCCC1.C1CN1.C1CN1. The van der Waals surface area contributed by atoms with Crippen LogP contribution in [-0.2, 0) is 0 Å². The van der Waals surface area contributed by atoms with E-state index in [1.807, 2.05) is 0 Å². The molecule has 1 aliphatic carbocycles. The van der Waals surface area contributed by atoms with Crippen LogP contribution in [0.3, 0.4) is 0 Å². The minimum atomic E-state index is 1.25. The fourth-order valence-corrected chi connectivity index (χ4v) is 1.06. The van der Waals surface area contributed by atoms with Crippen molar-refractivity contribution in [3.8, 4) is 0 Å². The lowest BCUT2D eigenvalue weighted by Gasteiger charge is -2.05. The Morgan fingerprint density at radius 2 is 0.583 bits per heavy atom. The highest BCUT2D eigenvalue weighted by atomic mass is 15.0. The van der Waals surface area contributed by atoms with E-state index in [4.69, 9.17) is 0 Å². The summed E-state index contributed by atoms with van der Waals surface area (Å²) in [5.41, 5.74) is 0. The van der Waals surface area contributed by atoms with Gasteiger partial charge in [-0.3, -0.25) is 0 Å². The highest BCUT2D eigenvalue weighted by Gasteiger charge is 1.95. The molecular formula is C10H22N2. The summed E-state index contributed by atoms with van der Waals surface area (Å²) in [6, 6.07) is 0. The molecule has 3 aliphatic rings. The molecule has 72 valence electrons.